The number of piperazine rings is 1. The van der Waals surface area contributed by atoms with Crippen molar-refractivity contribution < 1.29 is 17.7 Å². The van der Waals surface area contributed by atoms with Crippen LogP contribution in [0.1, 0.15) is 0 Å². The van der Waals surface area contributed by atoms with Crippen LogP contribution < -0.4 is 32.7 Å². The van der Waals surface area contributed by atoms with Crippen LogP contribution >= 0.6 is 0 Å². The van der Waals surface area contributed by atoms with Crippen molar-refractivity contribution in [1.29, 1.82) is 0 Å². The zero-order chi connectivity index (χ0) is 22.2. The van der Waals surface area contributed by atoms with Gasteiger partial charge in [-0.1, -0.05) is 0 Å². The van der Waals surface area contributed by atoms with Crippen LogP contribution in [0.3, 0.4) is 0 Å². The lowest BCUT2D eigenvalue weighted by molar-refractivity contribution is 0.512. The van der Waals surface area contributed by atoms with Gasteiger partial charge >= 0.3 is 22.5 Å². The van der Waals surface area contributed by atoms with Crippen LogP contribution in [0.15, 0.2) is 73.2 Å². The van der Waals surface area contributed by atoms with Gasteiger partial charge in [-0.2, -0.15) is 0 Å². The molecule has 0 atom stereocenters. The van der Waals surface area contributed by atoms with Gasteiger partial charge in [0.1, 0.15) is 0 Å². The van der Waals surface area contributed by atoms with Crippen molar-refractivity contribution in [3.8, 4) is 0 Å². The predicted molar refractivity (Wildman–Crippen MR) is 114 cm³/mol. The van der Waals surface area contributed by atoms with E-state index in [2.05, 4.69) is 10.3 Å². The Morgan fingerprint density at radius 1 is 0.688 bits per heavy atom. The molecule has 5 rings (SSSR count). The minimum absolute atomic E-state index is 0.0456. The molecule has 1 aliphatic rings. The summed E-state index contributed by atoms with van der Waals surface area (Å²) in [5.74, 6) is 0.291. The van der Waals surface area contributed by atoms with Crippen molar-refractivity contribution in [3.63, 3.8) is 0 Å². The molecule has 1 saturated heterocycles. The molecule has 1 aromatic carbocycles. The smallest absolute Gasteiger partial charge is 0.336 e. The minimum Gasteiger partial charge on any atom is -0.419 e. The normalized spacial score (nSPS) is 14.1. The highest BCUT2D eigenvalue weighted by Gasteiger charge is 2.22. The lowest BCUT2D eigenvalue weighted by atomic mass is 10.1. The second-order valence-corrected chi connectivity index (χ2v) is 6.97. The maximum absolute atomic E-state index is 12.3. The summed E-state index contributed by atoms with van der Waals surface area (Å²) in [6, 6.07) is 6.64. The van der Waals surface area contributed by atoms with Gasteiger partial charge in [0.15, 0.2) is 22.6 Å². The maximum Gasteiger partial charge on any atom is 0.336 e. The first-order chi connectivity index (χ1) is 15.5. The standard InChI is InChI=1S/C21H15N3O8/c25-13-3-4-14(26)30-18-12(29-13)2-1-11-17(18)19-20(32-16(28)6-5-15(27)31-19)21(23-11)24-9-7-22-8-10-24/h1-6,22H,7-10H2. The number of aromatic nitrogens is 1. The molecule has 0 aliphatic carbocycles. The quantitative estimate of drug-likeness (QED) is 0.452. The van der Waals surface area contributed by atoms with Crippen LogP contribution in [-0.4, -0.2) is 31.2 Å². The number of benzene rings is 1. The Kier molecular flexibility index (Phi) is 4.79. The first-order valence-electron chi connectivity index (χ1n) is 9.69. The monoisotopic (exact) mass is 437 g/mol. The third-order valence-electron chi connectivity index (χ3n) is 4.91. The predicted octanol–water partition coefficient (Wildman–Crippen LogP) is 0.888. The molecular formula is C21H15N3O8. The molecule has 0 saturated carbocycles. The van der Waals surface area contributed by atoms with Crippen molar-refractivity contribution in [2.75, 3.05) is 31.1 Å². The Morgan fingerprint density at radius 3 is 1.91 bits per heavy atom. The lowest BCUT2D eigenvalue weighted by Crippen LogP contribution is -2.44. The lowest BCUT2D eigenvalue weighted by Gasteiger charge is -2.28. The highest BCUT2D eigenvalue weighted by atomic mass is 16.4. The molecule has 11 nitrogen and oxygen atoms in total. The first kappa shape index (κ1) is 19.7. The summed E-state index contributed by atoms with van der Waals surface area (Å²) in [7, 11) is 0. The van der Waals surface area contributed by atoms with E-state index in [0.29, 0.717) is 32.0 Å². The molecule has 4 aromatic rings. The van der Waals surface area contributed by atoms with E-state index in [1.165, 1.54) is 12.1 Å². The topological polar surface area (TPSA) is 149 Å². The number of hydrogen-bond acceptors (Lipinski definition) is 11. The van der Waals surface area contributed by atoms with Crippen LogP contribution in [0.5, 0.6) is 0 Å². The van der Waals surface area contributed by atoms with E-state index in [9.17, 15) is 19.2 Å². The first-order valence-corrected chi connectivity index (χ1v) is 9.69. The fraction of sp³-hybridized carbons (Fsp3) is 0.190. The summed E-state index contributed by atoms with van der Waals surface area (Å²) in [5.41, 5.74) is -3.54. The third kappa shape index (κ3) is 3.54. The molecule has 1 fully saturated rings. The fourth-order valence-electron chi connectivity index (χ4n) is 3.53. The van der Waals surface area contributed by atoms with Crippen LogP contribution in [0.4, 0.5) is 5.82 Å². The summed E-state index contributed by atoms with van der Waals surface area (Å²) in [4.78, 5) is 55.1. The number of nitrogens with one attached hydrogen (secondary N) is 1. The molecule has 0 unspecified atom stereocenters. The highest BCUT2D eigenvalue weighted by molar-refractivity contribution is 6.14. The molecule has 4 heterocycles. The van der Waals surface area contributed by atoms with E-state index >= 15 is 0 Å². The number of fused-ring (bicyclic) bond motifs is 5. The van der Waals surface area contributed by atoms with Gasteiger partial charge in [-0.3, -0.25) is 0 Å². The fourth-order valence-corrected chi connectivity index (χ4v) is 3.53. The summed E-state index contributed by atoms with van der Waals surface area (Å²) >= 11 is 0. The maximum atomic E-state index is 12.3. The van der Waals surface area contributed by atoms with Gasteiger partial charge in [0.25, 0.3) is 0 Å². The number of rotatable bonds is 1. The molecule has 3 aromatic heterocycles. The van der Waals surface area contributed by atoms with Gasteiger partial charge in [0, 0.05) is 50.4 Å². The summed E-state index contributed by atoms with van der Waals surface area (Å²) in [6.07, 6.45) is 0. The van der Waals surface area contributed by atoms with Crippen LogP contribution in [-0.2, 0) is 0 Å². The van der Waals surface area contributed by atoms with Crippen LogP contribution in [0.2, 0.25) is 0 Å². The minimum atomic E-state index is -0.843. The van der Waals surface area contributed by atoms with Crippen LogP contribution in [0, 0.1) is 0 Å². The Hall–Kier alpha value is -4.25. The van der Waals surface area contributed by atoms with E-state index < -0.39 is 22.5 Å². The molecule has 1 aliphatic heterocycles. The van der Waals surface area contributed by atoms with Crippen molar-refractivity contribution in [2.45, 2.75) is 0 Å². The van der Waals surface area contributed by atoms with Crippen molar-refractivity contribution in [3.05, 3.63) is 78.1 Å². The van der Waals surface area contributed by atoms with Gasteiger partial charge in [-0.15, -0.1) is 0 Å². The second kappa shape index (κ2) is 7.78. The molecule has 0 radical (unpaired) electrons. The van der Waals surface area contributed by atoms with E-state index in [4.69, 9.17) is 17.7 Å². The molecule has 162 valence electrons. The molecule has 1 N–H and O–H groups in total. The number of anilines is 1. The van der Waals surface area contributed by atoms with E-state index in [1.807, 2.05) is 4.90 Å². The largest absolute Gasteiger partial charge is 0.419 e. The third-order valence-corrected chi connectivity index (χ3v) is 4.91. The molecular weight excluding hydrogens is 422 g/mol. The van der Waals surface area contributed by atoms with Crippen molar-refractivity contribution in [1.82, 2.24) is 10.3 Å². The van der Waals surface area contributed by atoms with Crippen molar-refractivity contribution in [2.24, 2.45) is 0 Å². The van der Waals surface area contributed by atoms with Gasteiger partial charge < -0.3 is 27.9 Å². The Labute approximate surface area is 176 Å². The number of pyridine rings is 1. The zero-order valence-electron chi connectivity index (χ0n) is 16.5. The number of hydrogen-bond donors (Lipinski definition) is 1. The molecule has 32 heavy (non-hydrogen) atoms. The van der Waals surface area contributed by atoms with Crippen molar-refractivity contribution >= 4 is 39.1 Å². The average Bonchev–Trinajstić information content (AvgIpc) is 2.77. The number of nitrogens with zero attached hydrogens (tertiary/aromatic N) is 2. The Morgan fingerprint density at radius 2 is 1.25 bits per heavy atom. The molecule has 11 heteroatoms. The summed E-state index contributed by atoms with van der Waals surface area (Å²) in [5, 5.41) is 3.26. The average molecular weight is 437 g/mol. The van der Waals surface area contributed by atoms with Crippen LogP contribution in [0.25, 0.3) is 33.2 Å². The molecule has 0 spiro atoms. The summed E-state index contributed by atoms with van der Waals surface area (Å²) in [6.45, 7) is 2.47. The zero-order valence-corrected chi connectivity index (χ0v) is 16.5. The SMILES string of the molecule is O=c1ccc(=O)oc2c(ccc3nc(N4CCNCC4)c4oc(=O)ccc(=O)oc4c32)o1. The van der Waals surface area contributed by atoms with Gasteiger partial charge in [0.2, 0.25) is 5.58 Å². The van der Waals surface area contributed by atoms with Gasteiger partial charge in [-0.05, 0) is 12.1 Å². The van der Waals surface area contributed by atoms with Gasteiger partial charge in [0.05, 0.1) is 10.9 Å². The molecule has 0 amide bonds. The Balaban J connectivity index is 2.07. The van der Waals surface area contributed by atoms with Gasteiger partial charge in [-0.25, -0.2) is 24.2 Å². The van der Waals surface area contributed by atoms with E-state index in [-0.39, 0.29) is 33.2 Å². The second-order valence-electron chi connectivity index (χ2n) is 6.97. The van der Waals surface area contributed by atoms with E-state index in [0.717, 1.165) is 24.3 Å². The molecule has 0 bridgehead atoms. The highest BCUT2D eigenvalue weighted by Crippen LogP contribution is 2.33. The Bertz CT molecular complexity index is 1660. The summed E-state index contributed by atoms with van der Waals surface area (Å²) < 4.78 is 21.6. The van der Waals surface area contributed by atoms with E-state index in [1.54, 1.807) is 0 Å².